The third-order valence-electron chi connectivity index (χ3n) is 6.48. The van der Waals surface area contributed by atoms with Gasteiger partial charge in [0.25, 0.3) is 5.91 Å². The van der Waals surface area contributed by atoms with Crippen molar-refractivity contribution in [1.82, 2.24) is 9.88 Å². The number of ether oxygens (including phenoxy) is 1. The molecule has 1 aromatic heterocycles. The Bertz CT molecular complexity index is 1290. The van der Waals surface area contributed by atoms with E-state index < -0.39 is 10.8 Å². The van der Waals surface area contributed by atoms with Crippen LogP contribution >= 0.6 is 11.6 Å². The number of rotatable bonds is 8. The molecule has 4 rings (SSSR count). The van der Waals surface area contributed by atoms with E-state index in [2.05, 4.69) is 10.3 Å². The summed E-state index contributed by atoms with van der Waals surface area (Å²) in [5, 5.41) is 15.0. The molecular weight excluding hydrogens is 496 g/mol. The topological polar surface area (TPSA) is 115 Å². The first-order chi connectivity index (χ1) is 17.9. The second kappa shape index (κ2) is 11.8. The minimum Gasteiger partial charge on any atom is -0.481 e. The summed E-state index contributed by atoms with van der Waals surface area (Å²) >= 11 is 6.16. The normalized spacial score (nSPS) is 13.7. The van der Waals surface area contributed by atoms with E-state index in [4.69, 9.17) is 16.3 Å². The van der Waals surface area contributed by atoms with Crippen LogP contribution in [0.4, 0.5) is 11.4 Å². The van der Waals surface area contributed by atoms with Gasteiger partial charge in [-0.15, -0.1) is 0 Å². The maximum Gasteiger partial charge on any atom is 0.300 e. The van der Waals surface area contributed by atoms with Gasteiger partial charge < -0.3 is 15.0 Å². The first-order valence-corrected chi connectivity index (χ1v) is 12.4. The smallest absolute Gasteiger partial charge is 0.300 e. The minimum absolute atomic E-state index is 0.0836. The number of methoxy groups -OCH3 is 1. The Morgan fingerprint density at radius 2 is 1.81 bits per heavy atom. The van der Waals surface area contributed by atoms with Gasteiger partial charge in [-0.05, 0) is 54.5 Å². The highest BCUT2D eigenvalue weighted by atomic mass is 35.5. The molecule has 0 unspecified atom stereocenters. The number of nitrogens with one attached hydrogen (secondary N) is 1. The van der Waals surface area contributed by atoms with Crippen molar-refractivity contribution in [3.05, 3.63) is 92.6 Å². The molecule has 1 fully saturated rings. The second-order valence-electron chi connectivity index (χ2n) is 8.81. The molecule has 9 nitrogen and oxygen atoms in total. The Morgan fingerprint density at radius 1 is 1.11 bits per heavy atom. The molecule has 1 saturated heterocycles. The van der Waals surface area contributed by atoms with E-state index in [1.54, 1.807) is 4.90 Å². The predicted octanol–water partition coefficient (Wildman–Crippen LogP) is 5.24. The van der Waals surface area contributed by atoms with Gasteiger partial charge in [0.15, 0.2) is 0 Å². The van der Waals surface area contributed by atoms with E-state index in [9.17, 15) is 19.7 Å². The van der Waals surface area contributed by atoms with Crippen molar-refractivity contribution < 1.29 is 19.2 Å². The number of carbonyl (C=O) groups excluding carboxylic acids is 2. The average molecular weight is 523 g/mol. The monoisotopic (exact) mass is 522 g/mol. The molecular formula is C27H27ClN4O5. The lowest BCUT2D eigenvalue weighted by Gasteiger charge is -2.32. The van der Waals surface area contributed by atoms with Crippen LogP contribution in [0.2, 0.25) is 5.02 Å². The summed E-state index contributed by atoms with van der Waals surface area (Å²) in [6.45, 7) is 0.917. The lowest BCUT2D eigenvalue weighted by atomic mass is 9.89. The number of benzene rings is 2. The highest BCUT2D eigenvalue weighted by Gasteiger charge is 2.30. The first-order valence-electron chi connectivity index (χ1n) is 12.0. The molecule has 0 spiro atoms. The van der Waals surface area contributed by atoms with Gasteiger partial charge >= 0.3 is 5.69 Å². The molecule has 10 heteroatoms. The number of hydrogen-bond donors (Lipinski definition) is 1. The van der Waals surface area contributed by atoms with Crippen LogP contribution in [-0.4, -0.2) is 46.8 Å². The molecule has 192 valence electrons. The van der Waals surface area contributed by atoms with Gasteiger partial charge in [0.2, 0.25) is 17.5 Å². The van der Waals surface area contributed by atoms with Crippen LogP contribution in [0.1, 0.15) is 46.8 Å². The minimum atomic E-state index is -0.608. The predicted molar refractivity (Wildman–Crippen MR) is 140 cm³/mol. The molecule has 0 radical (unpaired) electrons. The number of aromatic nitrogens is 1. The molecule has 0 saturated carbocycles. The molecule has 0 bridgehead atoms. The largest absolute Gasteiger partial charge is 0.481 e. The van der Waals surface area contributed by atoms with Crippen LogP contribution in [0.3, 0.4) is 0 Å². The zero-order valence-electron chi connectivity index (χ0n) is 20.4. The molecule has 1 aliphatic heterocycles. The zero-order chi connectivity index (χ0) is 26.4. The highest BCUT2D eigenvalue weighted by molar-refractivity contribution is 6.31. The Morgan fingerprint density at radius 3 is 2.46 bits per heavy atom. The molecule has 0 atom stereocenters. The summed E-state index contributed by atoms with van der Waals surface area (Å²) in [6.07, 6.45) is 2.33. The third kappa shape index (κ3) is 6.42. The third-order valence-corrected chi connectivity index (χ3v) is 6.85. The number of aryl methyl sites for hydroxylation is 1. The number of carbonyl (C=O) groups is 2. The zero-order valence-corrected chi connectivity index (χ0v) is 21.1. The average Bonchev–Trinajstić information content (AvgIpc) is 2.92. The summed E-state index contributed by atoms with van der Waals surface area (Å²) in [4.78, 5) is 41.8. The number of amides is 2. The van der Waals surface area contributed by atoms with Gasteiger partial charge in [-0.2, -0.15) is 0 Å². The lowest BCUT2D eigenvalue weighted by Crippen LogP contribution is -2.38. The van der Waals surface area contributed by atoms with E-state index in [0.29, 0.717) is 43.8 Å². The Hall–Kier alpha value is -3.98. The number of halogens is 1. The molecule has 3 aromatic rings. The van der Waals surface area contributed by atoms with Crippen molar-refractivity contribution in [2.24, 2.45) is 0 Å². The van der Waals surface area contributed by atoms with Gasteiger partial charge in [-0.25, -0.2) is 4.98 Å². The molecule has 0 aliphatic carbocycles. The van der Waals surface area contributed by atoms with E-state index in [0.717, 1.165) is 16.8 Å². The summed E-state index contributed by atoms with van der Waals surface area (Å²) in [5.74, 6) is -0.166. The van der Waals surface area contributed by atoms with Crippen molar-refractivity contribution in [1.29, 1.82) is 0 Å². The number of hydrogen-bond acceptors (Lipinski definition) is 6. The van der Waals surface area contributed by atoms with Crippen LogP contribution < -0.4 is 10.1 Å². The second-order valence-corrected chi connectivity index (χ2v) is 9.21. The van der Waals surface area contributed by atoms with E-state index in [-0.39, 0.29) is 29.1 Å². The fourth-order valence-electron chi connectivity index (χ4n) is 4.43. The fourth-order valence-corrected chi connectivity index (χ4v) is 4.66. The number of nitrogens with zero attached hydrogens (tertiary/aromatic N) is 3. The van der Waals surface area contributed by atoms with E-state index >= 15 is 0 Å². The van der Waals surface area contributed by atoms with Crippen molar-refractivity contribution in [3.63, 3.8) is 0 Å². The number of likely N-dealkylation sites (tertiary alicyclic amines) is 1. The maximum absolute atomic E-state index is 13.0. The Labute approximate surface area is 219 Å². The van der Waals surface area contributed by atoms with Crippen LogP contribution in [0.15, 0.2) is 60.7 Å². The van der Waals surface area contributed by atoms with E-state index in [1.807, 2.05) is 48.5 Å². The SMILES string of the molecule is COc1ccc([N+](=O)[O-])c(C(=O)N2CCC(c3ccc(NC(=O)CCc4ccccc4Cl)cc3)CC2)n1. The van der Waals surface area contributed by atoms with Gasteiger partial charge in [0.05, 0.1) is 12.0 Å². The Kier molecular flexibility index (Phi) is 8.35. The molecule has 2 heterocycles. The molecule has 1 aliphatic rings. The summed E-state index contributed by atoms with van der Waals surface area (Å²) in [6, 6.07) is 17.8. The van der Waals surface area contributed by atoms with Gasteiger partial charge in [-0.3, -0.25) is 19.7 Å². The number of piperidine rings is 1. The van der Waals surface area contributed by atoms with Crippen LogP contribution in [-0.2, 0) is 11.2 Å². The molecule has 37 heavy (non-hydrogen) atoms. The number of nitro groups is 1. The quantitative estimate of drug-likeness (QED) is 0.319. The first kappa shape index (κ1) is 26.1. The molecule has 2 aromatic carbocycles. The summed E-state index contributed by atoms with van der Waals surface area (Å²) in [7, 11) is 1.39. The van der Waals surface area contributed by atoms with Crippen LogP contribution in [0, 0.1) is 10.1 Å². The van der Waals surface area contributed by atoms with Crippen molar-refractivity contribution in [2.45, 2.75) is 31.6 Å². The standard InChI is InChI=1S/C27H27ClN4O5/c1-37-25-13-11-23(32(35)36)26(30-25)27(34)31-16-14-19(15-17-31)18-6-9-21(10-7-18)29-24(33)12-8-20-4-2-3-5-22(20)28/h2-7,9-11,13,19H,8,12,14-17H2,1H3,(H,29,33). The molecule has 1 N–H and O–H groups in total. The maximum atomic E-state index is 13.0. The number of anilines is 1. The summed E-state index contributed by atoms with van der Waals surface area (Å²) in [5.41, 5.74) is 2.23. The molecule has 2 amide bonds. The van der Waals surface area contributed by atoms with Crippen molar-refractivity contribution in [2.75, 3.05) is 25.5 Å². The van der Waals surface area contributed by atoms with Crippen molar-refractivity contribution >= 4 is 34.8 Å². The van der Waals surface area contributed by atoms with Gasteiger partial charge in [-0.1, -0.05) is 41.9 Å². The highest BCUT2D eigenvalue weighted by Crippen LogP contribution is 2.31. The van der Waals surface area contributed by atoms with Gasteiger partial charge in [0.1, 0.15) is 0 Å². The fraction of sp³-hybridized carbons (Fsp3) is 0.296. The van der Waals surface area contributed by atoms with Gasteiger partial charge in [0, 0.05) is 42.4 Å². The lowest BCUT2D eigenvalue weighted by molar-refractivity contribution is -0.385. The van der Waals surface area contributed by atoms with Crippen LogP contribution in [0.5, 0.6) is 5.88 Å². The Balaban J connectivity index is 1.31. The summed E-state index contributed by atoms with van der Waals surface area (Å²) < 4.78 is 5.04. The van der Waals surface area contributed by atoms with E-state index in [1.165, 1.54) is 19.2 Å². The van der Waals surface area contributed by atoms with Crippen LogP contribution in [0.25, 0.3) is 0 Å². The number of pyridine rings is 1. The van der Waals surface area contributed by atoms with Crippen molar-refractivity contribution in [3.8, 4) is 5.88 Å².